The Morgan fingerprint density at radius 1 is 1.20 bits per heavy atom. The van der Waals surface area contributed by atoms with E-state index < -0.39 is 0 Å². The van der Waals surface area contributed by atoms with Crippen molar-refractivity contribution in [1.29, 1.82) is 0 Å². The Bertz CT molecular complexity index is 827. The maximum atomic E-state index is 5.60. The summed E-state index contributed by atoms with van der Waals surface area (Å²) in [6.45, 7) is 1.63. The number of likely N-dealkylation sites (tertiary alicyclic amines) is 1. The molecule has 7 nitrogen and oxygen atoms in total. The normalized spacial score (nSPS) is 21.0. The molecule has 0 unspecified atom stereocenters. The van der Waals surface area contributed by atoms with Crippen LogP contribution in [0.4, 0.5) is 0 Å². The number of rotatable bonds is 5. The van der Waals surface area contributed by atoms with E-state index in [1.165, 1.54) is 0 Å². The van der Waals surface area contributed by atoms with Gasteiger partial charge in [0.2, 0.25) is 0 Å². The van der Waals surface area contributed by atoms with Crippen LogP contribution in [0.2, 0.25) is 0 Å². The largest absolute Gasteiger partial charge is 0.380 e. The third-order valence-corrected chi connectivity index (χ3v) is 4.77. The standard InChI is InChI=1S/C18H22N6O/c1-22-13-19-20-18(22)17-10-16(25-2)12-23(17)11-14-8-9-24(21-14)15-6-4-3-5-7-15/h3-9,13,16-17H,10-12H2,1-2H3/t16-,17+/m1/s1. The zero-order valence-electron chi connectivity index (χ0n) is 14.5. The Labute approximate surface area is 146 Å². The van der Waals surface area contributed by atoms with Gasteiger partial charge in [0, 0.05) is 33.4 Å². The molecule has 2 atom stereocenters. The third-order valence-electron chi connectivity index (χ3n) is 4.77. The van der Waals surface area contributed by atoms with E-state index in [1.54, 1.807) is 13.4 Å². The highest BCUT2D eigenvalue weighted by atomic mass is 16.5. The lowest BCUT2D eigenvalue weighted by molar-refractivity contribution is 0.107. The highest BCUT2D eigenvalue weighted by Gasteiger charge is 2.36. The van der Waals surface area contributed by atoms with Crippen molar-refractivity contribution in [2.75, 3.05) is 13.7 Å². The molecular formula is C18H22N6O. The van der Waals surface area contributed by atoms with Crippen LogP contribution in [0.15, 0.2) is 48.9 Å². The van der Waals surface area contributed by atoms with Gasteiger partial charge >= 0.3 is 0 Å². The fourth-order valence-electron chi connectivity index (χ4n) is 3.45. The van der Waals surface area contributed by atoms with Crippen molar-refractivity contribution in [3.8, 4) is 5.69 Å². The summed E-state index contributed by atoms with van der Waals surface area (Å²) in [5, 5.41) is 13.1. The van der Waals surface area contributed by atoms with E-state index >= 15 is 0 Å². The number of hydrogen-bond acceptors (Lipinski definition) is 5. The first-order valence-electron chi connectivity index (χ1n) is 8.45. The molecule has 7 heteroatoms. The van der Waals surface area contributed by atoms with Gasteiger partial charge in [0.1, 0.15) is 12.2 Å². The molecule has 130 valence electrons. The lowest BCUT2D eigenvalue weighted by Gasteiger charge is -2.22. The van der Waals surface area contributed by atoms with Crippen LogP contribution < -0.4 is 0 Å². The van der Waals surface area contributed by atoms with Gasteiger partial charge in [0.15, 0.2) is 0 Å². The smallest absolute Gasteiger partial charge is 0.150 e. The predicted molar refractivity (Wildman–Crippen MR) is 93.1 cm³/mol. The maximum absolute atomic E-state index is 5.60. The molecule has 3 heterocycles. The first-order valence-corrected chi connectivity index (χ1v) is 8.45. The minimum Gasteiger partial charge on any atom is -0.380 e. The number of aromatic nitrogens is 5. The highest BCUT2D eigenvalue weighted by molar-refractivity contribution is 5.30. The minimum atomic E-state index is 0.194. The second-order valence-corrected chi connectivity index (χ2v) is 6.43. The average molecular weight is 338 g/mol. The molecule has 0 aliphatic carbocycles. The Kier molecular flexibility index (Phi) is 4.33. The molecule has 0 spiro atoms. The van der Waals surface area contributed by atoms with Gasteiger partial charge in [-0.3, -0.25) is 4.90 Å². The number of benzene rings is 1. The minimum absolute atomic E-state index is 0.194. The quantitative estimate of drug-likeness (QED) is 0.712. The monoisotopic (exact) mass is 338 g/mol. The van der Waals surface area contributed by atoms with Gasteiger partial charge in [-0.1, -0.05) is 18.2 Å². The molecule has 1 aliphatic heterocycles. The molecule has 1 saturated heterocycles. The Hall–Kier alpha value is -2.51. The van der Waals surface area contributed by atoms with Gasteiger partial charge in [-0.15, -0.1) is 10.2 Å². The molecule has 1 fully saturated rings. The van der Waals surface area contributed by atoms with Crippen molar-refractivity contribution in [3.63, 3.8) is 0 Å². The molecular weight excluding hydrogens is 316 g/mol. The fraction of sp³-hybridized carbons (Fsp3) is 0.389. The van der Waals surface area contributed by atoms with Gasteiger partial charge in [-0.05, 0) is 24.6 Å². The number of methoxy groups -OCH3 is 1. The predicted octanol–water partition coefficient (Wildman–Crippen LogP) is 1.96. The van der Waals surface area contributed by atoms with Gasteiger partial charge in [0.05, 0.1) is 23.5 Å². The molecule has 3 aromatic rings. The summed E-state index contributed by atoms with van der Waals surface area (Å²) in [7, 11) is 3.75. The summed E-state index contributed by atoms with van der Waals surface area (Å²) in [6, 6.07) is 12.4. The van der Waals surface area contributed by atoms with Crippen LogP contribution in [0, 0.1) is 0 Å². The SMILES string of the molecule is CO[C@@H]1C[C@@H](c2nncn2C)N(Cc2ccn(-c3ccccc3)n2)C1. The van der Waals surface area contributed by atoms with E-state index in [0.29, 0.717) is 0 Å². The van der Waals surface area contributed by atoms with Crippen molar-refractivity contribution in [2.24, 2.45) is 7.05 Å². The molecule has 4 rings (SSSR count). The van der Waals surface area contributed by atoms with Crippen LogP contribution in [-0.2, 0) is 18.3 Å². The fourth-order valence-corrected chi connectivity index (χ4v) is 3.45. The molecule has 0 radical (unpaired) electrons. The van der Waals surface area contributed by atoms with Crippen molar-refractivity contribution in [3.05, 3.63) is 60.4 Å². The zero-order chi connectivity index (χ0) is 17.2. The Morgan fingerprint density at radius 3 is 2.76 bits per heavy atom. The summed E-state index contributed by atoms with van der Waals surface area (Å²) in [4.78, 5) is 2.37. The summed E-state index contributed by atoms with van der Waals surface area (Å²) in [5.74, 6) is 0.974. The zero-order valence-corrected chi connectivity index (χ0v) is 14.5. The highest BCUT2D eigenvalue weighted by Crippen LogP contribution is 2.33. The molecule has 0 amide bonds. The molecule has 0 saturated carbocycles. The van der Waals surface area contributed by atoms with E-state index in [0.717, 1.165) is 36.7 Å². The molecule has 25 heavy (non-hydrogen) atoms. The van der Waals surface area contributed by atoms with Crippen LogP contribution in [0.3, 0.4) is 0 Å². The van der Waals surface area contributed by atoms with E-state index in [2.05, 4.69) is 33.3 Å². The molecule has 2 aromatic heterocycles. The number of aryl methyl sites for hydroxylation is 1. The van der Waals surface area contributed by atoms with Crippen LogP contribution in [-0.4, -0.2) is 49.2 Å². The summed E-state index contributed by atoms with van der Waals surface area (Å²) >= 11 is 0. The van der Waals surface area contributed by atoms with E-state index in [1.807, 2.05) is 40.7 Å². The topological polar surface area (TPSA) is 61.0 Å². The first-order chi connectivity index (χ1) is 12.2. The first kappa shape index (κ1) is 16.0. The summed E-state index contributed by atoms with van der Waals surface area (Å²) < 4.78 is 9.49. The van der Waals surface area contributed by atoms with Crippen molar-refractivity contribution in [2.45, 2.75) is 25.1 Å². The maximum Gasteiger partial charge on any atom is 0.150 e. The van der Waals surface area contributed by atoms with E-state index in [4.69, 9.17) is 9.84 Å². The second-order valence-electron chi connectivity index (χ2n) is 6.43. The lowest BCUT2D eigenvalue weighted by Crippen LogP contribution is -2.26. The third kappa shape index (κ3) is 3.20. The average Bonchev–Trinajstić information content (AvgIpc) is 3.36. The Balaban J connectivity index is 1.54. The number of hydrogen-bond donors (Lipinski definition) is 0. The lowest BCUT2D eigenvalue weighted by atomic mass is 10.2. The van der Waals surface area contributed by atoms with Crippen LogP contribution in [0.1, 0.15) is 24.0 Å². The second kappa shape index (κ2) is 6.78. The van der Waals surface area contributed by atoms with E-state index in [-0.39, 0.29) is 12.1 Å². The number of ether oxygens (including phenoxy) is 1. The van der Waals surface area contributed by atoms with Crippen LogP contribution in [0.5, 0.6) is 0 Å². The van der Waals surface area contributed by atoms with Gasteiger partial charge < -0.3 is 9.30 Å². The van der Waals surface area contributed by atoms with Crippen molar-refractivity contribution >= 4 is 0 Å². The molecule has 1 aliphatic rings. The molecule has 0 bridgehead atoms. The Morgan fingerprint density at radius 2 is 2.04 bits per heavy atom. The van der Waals surface area contributed by atoms with Crippen LogP contribution >= 0.6 is 0 Å². The van der Waals surface area contributed by atoms with Crippen molar-refractivity contribution < 1.29 is 4.74 Å². The number of nitrogens with zero attached hydrogens (tertiary/aromatic N) is 6. The van der Waals surface area contributed by atoms with Gasteiger partial charge in [-0.2, -0.15) is 5.10 Å². The summed E-state index contributed by atoms with van der Waals surface area (Å²) in [5.41, 5.74) is 2.10. The molecule has 1 aromatic carbocycles. The van der Waals surface area contributed by atoms with Gasteiger partial charge in [-0.25, -0.2) is 4.68 Å². The van der Waals surface area contributed by atoms with Gasteiger partial charge in [0.25, 0.3) is 0 Å². The molecule has 0 N–H and O–H groups in total. The van der Waals surface area contributed by atoms with Crippen LogP contribution in [0.25, 0.3) is 5.69 Å². The summed E-state index contributed by atoms with van der Waals surface area (Å²) in [6.07, 6.45) is 4.88. The van der Waals surface area contributed by atoms with Crippen molar-refractivity contribution in [1.82, 2.24) is 29.4 Å². The number of para-hydroxylation sites is 1. The van der Waals surface area contributed by atoms with E-state index in [9.17, 15) is 0 Å².